The second-order valence-corrected chi connectivity index (χ2v) is 6.25. The summed E-state index contributed by atoms with van der Waals surface area (Å²) in [6.07, 6.45) is 2.58. The molecule has 0 unspecified atom stereocenters. The number of rotatable bonds is 3. The molecule has 1 aliphatic heterocycles. The molecule has 2 heterocycles. The maximum absolute atomic E-state index is 11.0. The molecule has 1 aromatic heterocycles. The molecule has 0 radical (unpaired) electrons. The first kappa shape index (κ1) is 16.4. The van der Waals surface area contributed by atoms with Gasteiger partial charge in [-0.25, -0.2) is 4.98 Å². The molecule has 1 N–H and O–H groups in total. The average molecular weight is 304 g/mol. The Balaban J connectivity index is 0.00000180. The van der Waals surface area contributed by atoms with Crippen LogP contribution in [-0.2, 0) is 11.3 Å². The molecule has 0 aliphatic carbocycles. The molecular formula is C13H22ClN3OS. The highest BCUT2D eigenvalue weighted by atomic mass is 35.5. The lowest BCUT2D eigenvalue weighted by molar-refractivity contribution is -0.114. The number of thiazole rings is 1. The zero-order valence-electron chi connectivity index (χ0n) is 11.7. The molecule has 6 heteroatoms. The standard InChI is InChI=1S/C13H21N3OS.ClH/c1-9-4-6-16(7-5-9)8-12-10(2)14-13(18-12)15-11(3)17;/h9H,4-8H2,1-3H3,(H,14,15,17);1H. The number of piperidine rings is 1. The van der Waals surface area contributed by atoms with Gasteiger partial charge in [-0.15, -0.1) is 23.7 Å². The molecule has 1 amide bonds. The molecule has 2 rings (SSSR count). The smallest absolute Gasteiger partial charge is 0.223 e. The highest BCUT2D eigenvalue weighted by molar-refractivity contribution is 7.15. The first-order valence-corrected chi connectivity index (χ1v) is 7.32. The minimum Gasteiger partial charge on any atom is -0.302 e. The minimum atomic E-state index is -0.0536. The van der Waals surface area contributed by atoms with Crippen molar-refractivity contribution in [3.8, 4) is 0 Å². The Labute approximate surface area is 125 Å². The highest BCUT2D eigenvalue weighted by Gasteiger charge is 2.18. The Bertz CT molecular complexity index is 428. The number of hydrogen-bond donors (Lipinski definition) is 1. The van der Waals surface area contributed by atoms with Crippen LogP contribution in [0.3, 0.4) is 0 Å². The first-order valence-electron chi connectivity index (χ1n) is 6.51. The Kier molecular flexibility index (Phi) is 6.23. The lowest BCUT2D eigenvalue weighted by Crippen LogP contribution is -2.32. The van der Waals surface area contributed by atoms with E-state index in [0.717, 1.165) is 23.3 Å². The Morgan fingerprint density at radius 3 is 2.68 bits per heavy atom. The molecule has 0 atom stereocenters. The van der Waals surface area contributed by atoms with Crippen molar-refractivity contribution in [1.82, 2.24) is 9.88 Å². The SMILES string of the molecule is CC(=O)Nc1nc(C)c(CN2CCC(C)CC2)s1.Cl. The average Bonchev–Trinajstić information content (AvgIpc) is 2.61. The van der Waals surface area contributed by atoms with Crippen molar-refractivity contribution in [3.63, 3.8) is 0 Å². The summed E-state index contributed by atoms with van der Waals surface area (Å²) in [6, 6.07) is 0. The molecule has 0 aromatic carbocycles. The van der Waals surface area contributed by atoms with Crippen LogP contribution in [0, 0.1) is 12.8 Å². The number of carbonyl (C=O) groups is 1. The Morgan fingerprint density at radius 1 is 1.47 bits per heavy atom. The van der Waals surface area contributed by atoms with Gasteiger partial charge < -0.3 is 5.32 Å². The quantitative estimate of drug-likeness (QED) is 0.933. The molecule has 0 bridgehead atoms. The monoisotopic (exact) mass is 303 g/mol. The zero-order chi connectivity index (χ0) is 13.1. The van der Waals surface area contributed by atoms with E-state index in [1.54, 1.807) is 11.3 Å². The van der Waals surface area contributed by atoms with E-state index in [0.29, 0.717) is 0 Å². The van der Waals surface area contributed by atoms with Crippen LogP contribution < -0.4 is 5.32 Å². The predicted octanol–water partition coefficient (Wildman–Crippen LogP) is 3.06. The van der Waals surface area contributed by atoms with Gasteiger partial charge in [0.15, 0.2) is 5.13 Å². The van der Waals surface area contributed by atoms with Crippen LogP contribution >= 0.6 is 23.7 Å². The lowest BCUT2D eigenvalue weighted by Gasteiger charge is -2.29. The van der Waals surface area contributed by atoms with Crippen molar-refractivity contribution < 1.29 is 4.79 Å². The number of nitrogens with one attached hydrogen (secondary N) is 1. The molecule has 108 valence electrons. The summed E-state index contributed by atoms with van der Waals surface area (Å²) in [4.78, 5) is 19.2. The van der Waals surface area contributed by atoms with Crippen molar-refractivity contribution in [1.29, 1.82) is 0 Å². The number of anilines is 1. The highest BCUT2D eigenvalue weighted by Crippen LogP contribution is 2.26. The van der Waals surface area contributed by atoms with Gasteiger partial charge in [0, 0.05) is 18.3 Å². The van der Waals surface area contributed by atoms with Crippen molar-refractivity contribution >= 4 is 34.8 Å². The van der Waals surface area contributed by atoms with E-state index in [-0.39, 0.29) is 18.3 Å². The topological polar surface area (TPSA) is 45.2 Å². The van der Waals surface area contributed by atoms with Crippen molar-refractivity contribution in [2.75, 3.05) is 18.4 Å². The van der Waals surface area contributed by atoms with Gasteiger partial charge in [0.05, 0.1) is 5.69 Å². The van der Waals surface area contributed by atoms with Crippen molar-refractivity contribution in [2.24, 2.45) is 5.92 Å². The maximum atomic E-state index is 11.0. The van der Waals surface area contributed by atoms with Gasteiger partial charge in [-0.2, -0.15) is 0 Å². The number of carbonyl (C=O) groups excluding carboxylic acids is 1. The third-order valence-electron chi connectivity index (χ3n) is 3.42. The fourth-order valence-electron chi connectivity index (χ4n) is 2.20. The van der Waals surface area contributed by atoms with Crippen LogP contribution in [0.15, 0.2) is 0 Å². The van der Waals surface area contributed by atoms with Crippen molar-refractivity contribution in [3.05, 3.63) is 10.6 Å². The summed E-state index contributed by atoms with van der Waals surface area (Å²) >= 11 is 1.60. The number of hydrogen-bond acceptors (Lipinski definition) is 4. The van der Waals surface area contributed by atoms with Crippen LogP contribution in [0.2, 0.25) is 0 Å². The number of aryl methyl sites for hydroxylation is 1. The van der Waals surface area contributed by atoms with Gasteiger partial charge in [-0.05, 0) is 38.8 Å². The summed E-state index contributed by atoms with van der Waals surface area (Å²) in [7, 11) is 0. The summed E-state index contributed by atoms with van der Waals surface area (Å²) in [6.45, 7) is 9.17. The van der Waals surface area contributed by atoms with Gasteiger partial charge in [0.25, 0.3) is 0 Å². The Hall–Kier alpha value is -0.650. The fourth-order valence-corrected chi connectivity index (χ4v) is 3.25. The molecule has 0 saturated carbocycles. The largest absolute Gasteiger partial charge is 0.302 e. The lowest BCUT2D eigenvalue weighted by atomic mass is 9.99. The van der Waals surface area contributed by atoms with Crippen molar-refractivity contribution in [2.45, 2.75) is 40.2 Å². The third-order valence-corrected chi connectivity index (χ3v) is 4.48. The van der Waals surface area contributed by atoms with Gasteiger partial charge in [-0.1, -0.05) is 6.92 Å². The van der Waals surface area contributed by atoms with Gasteiger partial charge in [0.2, 0.25) is 5.91 Å². The van der Waals surface area contributed by atoms with E-state index in [4.69, 9.17) is 0 Å². The summed E-state index contributed by atoms with van der Waals surface area (Å²) in [5.74, 6) is 0.806. The minimum absolute atomic E-state index is 0. The van der Waals surface area contributed by atoms with E-state index in [1.165, 1.54) is 37.7 Å². The number of likely N-dealkylation sites (tertiary alicyclic amines) is 1. The van der Waals surface area contributed by atoms with E-state index in [2.05, 4.69) is 22.1 Å². The summed E-state index contributed by atoms with van der Waals surface area (Å²) in [5.41, 5.74) is 1.04. The van der Waals surface area contributed by atoms with Gasteiger partial charge in [0.1, 0.15) is 0 Å². The third kappa shape index (κ3) is 4.75. The number of aromatic nitrogens is 1. The van der Waals surface area contributed by atoms with Crippen LogP contribution in [-0.4, -0.2) is 28.9 Å². The van der Waals surface area contributed by atoms with Gasteiger partial charge in [-0.3, -0.25) is 9.69 Å². The predicted molar refractivity (Wildman–Crippen MR) is 82.1 cm³/mol. The fraction of sp³-hybridized carbons (Fsp3) is 0.692. The summed E-state index contributed by atoms with van der Waals surface area (Å²) in [5, 5.41) is 3.48. The molecule has 1 aliphatic rings. The Morgan fingerprint density at radius 2 is 2.11 bits per heavy atom. The van der Waals surface area contributed by atoms with Crippen LogP contribution in [0.1, 0.15) is 37.3 Å². The van der Waals surface area contributed by atoms with Crippen LogP contribution in [0.4, 0.5) is 5.13 Å². The van der Waals surface area contributed by atoms with E-state index >= 15 is 0 Å². The van der Waals surface area contributed by atoms with Crippen LogP contribution in [0.25, 0.3) is 0 Å². The second kappa shape index (κ2) is 7.22. The molecule has 4 nitrogen and oxygen atoms in total. The van der Waals surface area contributed by atoms with Crippen LogP contribution in [0.5, 0.6) is 0 Å². The van der Waals surface area contributed by atoms with Gasteiger partial charge >= 0.3 is 0 Å². The molecule has 1 saturated heterocycles. The molecule has 0 spiro atoms. The number of nitrogens with zero attached hydrogens (tertiary/aromatic N) is 2. The van der Waals surface area contributed by atoms with E-state index in [9.17, 15) is 4.79 Å². The molecule has 1 aromatic rings. The first-order chi connectivity index (χ1) is 8.54. The number of halogens is 1. The maximum Gasteiger partial charge on any atom is 0.223 e. The molecular weight excluding hydrogens is 282 g/mol. The normalized spacial score (nSPS) is 17.0. The molecule has 1 fully saturated rings. The zero-order valence-corrected chi connectivity index (χ0v) is 13.4. The second-order valence-electron chi connectivity index (χ2n) is 5.17. The summed E-state index contributed by atoms with van der Waals surface area (Å²) < 4.78 is 0. The molecule has 19 heavy (non-hydrogen) atoms. The van der Waals surface area contributed by atoms with E-state index < -0.39 is 0 Å². The number of amides is 1. The van der Waals surface area contributed by atoms with E-state index in [1.807, 2.05) is 6.92 Å².